The van der Waals surface area contributed by atoms with Gasteiger partial charge < -0.3 is 10.2 Å². The maximum atomic E-state index is 7.87. The van der Waals surface area contributed by atoms with Crippen LogP contribution in [-0.4, -0.2) is 27.1 Å². The Kier molecular flexibility index (Phi) is 5.55. The molecule has 0 aliphatic carbocycles. The molecule has 0 bridgehead atoms. The Morgan fingerprint density at radius 3 is 2.50 bits per heavy atom. The van der Waals surface area contributed by atoms with Gasteiger partial charge in [-0.25, -0.2) is 4.98 Å². The first-order valence-electron chi connectivity index (χ1n) is 3.96. The predicted octanol–water partition coefficient (Wildman–Crippen LogP) is 1.92. The third-order valence-electron chi connectivity index (χ3n) is 1.42. The molecule has 0 radical (unpaired) electrons. The van der Waals surface area contributed by atoms with Crippen molar-refractivity contribution in [3.05, 3.63) is 29.8 Å². The molecule has 2 aromatic rings. The van der Waals surface area contributed by atoms with Crippen LogP contribution in [0.3, 0.4) is 0 Å². The van der Waals surface area contributed by atoms with Crippen molar-refractivity contribution in [2.24, 2.45) is 0 Å². The molecule has 0 atom stereocenters. The lowest BCUT2D eigenvalue weighted by Crippen LogP contribution is -1.73. The first-order chi connectivity index (χ1) is 6.88. The molecule has 0 aliphatic rings. The van der Waals surface area contributed by atoms with Gasteiger partial charge >= 0.3 is 0 Å². The molecular formula is C9H11NO2S2. The van der Waals surface area contributed by atoms with Crippen LogP contribution in [0, 0.1) is 0 Å². The number of hydrogen-bond donors (Lipinski definition) is 2. The van der Waals surface area contributed by atoms with E-state index >= 15 is 0 Å². The monoisotopic (exact) mass is 229 g/mol. The van der Waals surface area contributed by atoms with Crippen molar-refractivity contribution >= 4 is 33.3 Å². The largest absolute Gasteiger partial charge is 0.386 e. The van der Waals surface area contributed by atoms with Crippen LogP contribution in [0.5, 0.6) is 0 Å². The molecule has 0 saturated carbocycles. The first-order valence-corrected chi connectivity index (χ1v) is 5.99. The van der Waals surface area contributed by atoms with Crippen LogP contribution in [0.2, 0.25) is 0 Å². The lowest BCUT2D eigenvalue weighted by molar-refractivity contribution is 0.353. The Morgan fingerprint density at radius 2 is 1.93 bits per heavy atom. The zero-order chi connectivity index (χ0) is 10.2. The van der Waals surface area contributed by atoms with E-state index in [1.807, 2.05) is 23.7 Å². The van der Waals surface area contributed by atoms with Gasteiger partial charge in [0.2, 0.25) is 0 Å². The van der Waals surface area contributed by atoms with E-state index in [-0.39, 0.29) is 11.9 Å². The Labute approximate surface area is 90.4 Å². The molecular weight excluding hydrogens is 218 g/mol. The Hall–Kier alpha value is -0.620. The highest BCUT2D eigenvalue weighted by molar-refractivity contribution is 7.98. The molecule has 0 fully saturated rings. The Morgan fingerprint density at radius 1 is 1.21 bits per heavy atom. The highest BCUT2D eigenvalue weighted by atomic mass is 32.2. The van der Waals surface area contributed by atoms with Crippen molar-refractivity contribution in [3.63, 3.8) is 0 Å². The minimum atomic E-state index is 0.0104. The summed E-state index contributed by atoms with van der Waals surface area (Å²) in [5, 5.41) is 15.7. The highest BCUT2D eigenvalue weighted by Gasteiger charge is 1.89. The molecule has 2 rings (SSSR count). The SMILES string of the molecule is OCSCO.c1ccc2scnc2c1. The molecule has 0 aliphatic heterocycles. The van der Waals surface area contributed by atoms with Crippen LogP contribution in [0.1, 0.15) is 0 Å². The fourth-order valence-electron chi connectivity index (χ4n) is 0.844. The highest BCUT2D eigenvalue weighted by Crippen LogP contribution is 2.15. The van der Waals surface area contributed by atoms with E-state index in [9.17, 15) is 0 Å². The van der Waals surface area contributed by atoms with Crippen LogP contribution in [0.25, 0.3) is 10.2 Å². The van der Waals surface area contributed by atoms with Crippen LogP contribution in [0.4, 0.5) is 0 Å². The summed E-state index contributed by atoms with van der Waals surface area (Å²) in [7, 11) is 0. The summed E-state index contributed by atoms with van der Waals surface area (Å²) in [6.07, 6.45) is 0. The van der Waals surface area contributed by atoms with E-state index in [1.54, 1.807) is 11.3 Å². The summed E-state index contributed by atoms with van der Waals surface area (Å²) in [6, 6.07) is 8.13. The average Bonchev–Trinajstić information content (AvgIpc) is 2.67. The normalized spacial score (nSPS) is 9.57. The minimum Gasteiger partial charge on any atom is -0.386 e. The second-order valence-electron chi connectivity index (χ2n) is 2.28. The number of nitrogens with zero attached hydrogens (tertiary/aromatic N) is 1. The molecule has 0 saturated heterocycles. The lowest BCUT2D eigenvalue weighted by Gasteiger charge is -1.80. The number of thioether (sulfide) groups is 1. The zero-order valence-electron chi connectivity index (χ0n) is 7.46. The summed E-state index contributed by atoms with van der Waals surface area (Å²) in [4.78, 5) is 4.14. The summed E-state index contributed by atoms with van der Waals surface area (Å²) in [6.45, 7) is 0. The number of aromatic nitrogens is 1. The molecule has 76 valence electrons. The maximum Gasteiger partial charge on any atom is 0.0908 e. The van der Waals surface area contributed by atoms with Gasteiger partial charge in [-0.15, -0.1) is 23.1 Å². The third-order valence-corrected chi connectivity index (χ3v) is 2.59. The van der Waals surface area contributed by atoms with Gasteiger partial charge in [0.05, 0.1) is 27.6 Å². The van der Waals surface area contributed by atoms with Gasteiger partial charge in [0, 0.05) is 0 Å². The summed E-state index contributed by atoms with van der Waals surface area (Å²) in [5.41, 5.74) is 2.97. The minimum absolute atomic E-state index is 0.0104. The Bertz CT molecular complexity index is 332. The van der Waals surface area contributed by atoms with Gasteiger partial charge in [0.1, 0.15) is 0 Å². The Balaban J connectivity index is 0.000000171. The molecule has 2 N–H and O–H groups in total. The quantitative estimate of drug-likeness (QED) is 0.772. The molecule has 1 aromatic heterocycles. The number of para-hydroxylation sites is 1. The smallest absolute Gasteiger partial charge is 0.0908 e. The second-order valence-corrected chi connectivity index (χ2v) is 4.09. The number of aliphatic hydroxyl groups is 2. The van der Waals surface area contributed by atoms with Gasteiger partial charge in [-0.1, -0.05) is 12.1 Å². The van der Waals surface area contributed by atoms with Crippen molar-refractivity contribution < 1.29 is 10.2 Å². The van der Waals surface area contributed by atoms with E-state index < -0.39 is 0 Å². The zero-order valence-corrected chi connectivity index (χ0v) is 9.09. The van der Waals surface area contributed by atoms with E-state index in [0.717, 1.165) is 17.3 Å². The fraction of sp³-hybridized carbons (Fsp3) is 0.222. The molecule has 3 nitrogen and oxygen atoms in total. The predicted molar refractivity (Wildman–Crippen MR) is 61.4 cm³/mol. The first kappa shape index (κ1) is 11.5. The molecule has 0 unspecified atom stereocenters. The molecule has 1 aromatic carbocycles. The van der Waals surface area contributed by atoms with E-state index in [4.69, 9.17) is 10.2 Å². The fourth-order valence-corrected chi connectivity index (χ4v) is 1.60. The maximum absolute atomic E-state index is 7.87. The van der Waals surface area contributed by atoms with Gasteiger partial charge in [-0.05, 0) is 12.1 Å². The molecule has 0 amide bonds. The van der Waals surface area contributed by atoms with Crippen LogP contribution >= 0.6 is 23.1 Å². The number of thiazole rings is 1. The van der Waals surface area contributed by atoms with Crippen molar-refractivity contribution in [2.75, 3.05) is 11.9 Å². The lowest BCUT2D eigenvalue weighted by atomic mass is 10.3. The second kappa shape index (κ2) is 6.78. The van der Waals surface area contributed by atoms with E-state index in [0.29, 0.717) is 0 Å². The standard InChI is InChI=1S/C7H5NS.C2H6O2S/c1-2-4-7-6(3-1)8-5-9-7;3-1-5-2-4/h1-5H;3-4H,1-2H2. The number of hydrogen-bond acceptors (Lipinski definition) is 5. The third kappa shape index (κ3) is 3.63. The van der Waals surface area contributed by atoms with Crippen LogP contribution in [0.15, 0.2) is 29.8 Å². The van der Waals surface area contributed by atoms with E-state index in [2.05, 4.69) is 11.1 Å². The number of rotatable bonds is 2. The van der Waals surface area contributed by atoms with Gasteiger partial charge in [-0.3, -0.25) is 0 Å². The van der Waals surface area contributed by atoms with Crippen molar-refractivity contribution in [1.29, 1.82) is 0 Å². The van der Waals surface area contributed by atoms with E-state index in [1.165, 1.54) is 4.70 Å². The topological polar surface area (TPSA) is 53.4 Å². The number of benzene rings is 1. The molecule has 1 heterocycles. The molecule has 14 heavy (non-hydrogen) atoms. The van der Waals surface area contributed by atoms with Gasteiger partial charge in [-0.2, -0.15) is 0 Å². The number of fused-ring (bicyclic) bond motifs is 1. The van der Waals surface area contributed by atoms with Gasteiger partial charge in [0.25, 0.3) is 0 Å². The summed E-state index contributed by atoms with van der Waals surface area (Å²) >= 11 is 2.75. The average molecular weight is 229 g/mol. The number of aliphatic hydroxyl groups excluding tert-OH is 2. The van der Waals surface area contributed by atoms with Crippen molar-refractivity contribution in [2.45, 2.75) is 0 Å². The van der Waals surface area contributed by atoms with Crippen molar-refractivity contribution in [3.8, 4) is 0 Å². The summed E-state index contributed by atoms with van der Waals surface area (Å²) < 4.78 is 1.26. The van der Waals surface area contributed by atoms with Crippen LogP contribution in [-0.2, 0) is 0 Å². The molecule has 0 spiro atoms. The molecule has 5 heteroatoms. The summed E-state index contributed by atoms with van der Waals surface area (Å²) in [5.74, 6) is 0.0208. The van der Waals surface area contributed by atoms with Crippen molar-refractivity contribution in [1.82, 2.24) is 4.98 Å². The van der Waals surface area contributed by atoms with Crippen LogP contribution < -0.4 is 0 Å². The van der Waals surface area contributed by atoms with Gasteiger partial charge in [0.15, 0.2) is 0 Å².